The number of carbonyl (C=O) groups is 3. The summed E-state index contributed by atoms with van der Waals surface area (Å²) >= 11 is 5.74. The number of rotatable bonds is 4. The molecule has 0 fully saturated rings. The van der Waals surface area contributed by atoms with E-state index in [0.717, 1.165) is 6.07 Å². The average molecular weight is 317 g/mol. The Kier molecular flexibility index (Phi) is 5.66. The maximum absolute atomic E-state index is 13.6. The highest BCUT2D eigenvalue weighted by molar-refractivity contribution is 6.33. The topological polar surface area (TPSA) is 98.5 Å². The zero-order valence-corrected chi connectivity index (χ0v) is 12.1. The van der Waals surface area contributed by atoms with Crippen LogP contribution >= 0.6 is 11.6 Å². The zero-order chi connectivity index (χ0) is 16.2. The fourth-order valence-electron chi connectivity index (χ4n) is 1.55. The molecule has 114 valence electrons. The maximum atomic E-state index is 13.6. The maximum Gasteiger partial charge on any atom is 0.343 e. The Morgan fingerprint density at radius 3 is 2.43 bits per heavy atom. The van der Waals surface area contributed by atoms with Crippen LogP contribution in [0.2, 0.25) is 5.02 Å². The minimum Gasteiger partial charge on any atom is -0.448 e. The first-order valence-corrected chi connectivity index (χ1v) is 6.37. The molecular weight excluding hydrogens is 303 g/mol. The molecule has 6 nitrogen and oxygen atoms in total. The van der Waals surface area contributed by atoms with E-state index < -0.39 is 41.3 Å². The van der Waals surface area contributed by atoms with Gasteiger partial charge in [-0.15, -0.1) is 0 Å². The lowest BCUT2D eigenvalue weighted by atomic mass is 10.1. The third-order valence-electron chi connectivity index (χ3n) is 2.51. The number of hydrogen-bond donors (Lipinski definition) is 2. The van der Waals surface area contributed by atoms with E-state index in [9.17, 15) is 18.8 Å². The van der Waals surface area contributed by atoms with Crippen molar-refractivity contribution in [1.82, 2.24) is 5.32 Å². The van der Waals surface area contributed by atoms with Crippen LogP contribution in [0, 0.1) is 11.7 Å². The van der Waals surface area contributed by atoms with Crippen LogP contribution in [-0.4, -0.2) is 24.0 Å². The van der Waals surface area contributed by atoms with Crippen LogP contribution in [0.3, 0.4) is 0 Å². The number of nitrogens with two attached hydrogens (primary N) is 1. The fraction of sp³-hybridized carbons (Fsp3) is 0.308. The van der Waals surface area contributed by atoms with Crippen LogP contribution in [0.5, 0.6) is 0 Å². The molecular formula is C13H14ClFN2O4. The van der Waals surface area contributed by atoms with Crippen molar-refractivity contribution >= 4 is 29.5 Å². The first kappa shape index (κ1) is 16.9. The molecule has 21 heavy (non-hydrogen) atoms. The molecule has 0 aliphatic carbocycles. The van der Waals surface area contributed by atoms with E-state index in [2.05, 4.69) is 0 Å². The van der Waals surface area contributed by atoms with Gasteiger partial charge in [-0.3, -0.25) is 10.1 Å². The monoisotopic (exact) mass is 316 g/mol. The Hall–Kier alpha value is -2.15. The summed E-state index contributed by atoms with van der Waals surface area (Å²) in [6, 6.07) is 2.60. The molecule has 1 atom stereocenters. The summed E-state index contributed by atoms with van der Waals surface area (Å²) in [6.07, 6.45) is -1.30. The molecule has 1 aromatic carbocycles. The number of nitrogens with one attached hydrogen (secondary N) is 1. The van der Waals surface area contributed by atoms with Crippen molar-refractivity contribution in [1.29, 1.82) is 0 Å². The standard InChI is InChI=1S/C13H14ClFN2O4/c1-6(2)10(11(18)17-13(16)20)21-12(19)9-7(14)4-3-5-8(9)15/h3-6,10H,1-2H3,(H3,16,17,18,20)/t10-/m0/s1. The molecule has 1 aromatic rings. The summed E-state index contributed by atoms with van der Waals surface area (Å²) in [5, 5.41) is 1.67. The van der Waals surface area contributed by atoms with Gasteiger partial charge in [-0.1, -0.05) is 31.5 Å². The SMILES string of the molecule is CC(C)[C@H](OC(=O)c1c(F)cccc1Cl)C(=O)NC(N)=O. The van der Waals surface area contributed by atoms with Gasteiger partial charge in [0.1, 0.15) is 11.4 Å². The van der Waals surface area contributed by atoms with Crippen molar-refractivity contribution < 1.29 is 23.5 Å². The number of hydrogen-bond acceptors (Lipinski definition) is 4. The van der Waals surface area contributed by atoms with Gasteiger partial charge >= 0.3 is 12.0 Å². The van der Waals surface area contributed by atoms with Crippen LogP contribution in [-0.2, 0) is 9.53 Å². The average Bonchev–Trinajstić information content (AvgIpc) is 2.34. The van der Waals surface area contributed by atoms with E-state index in [1.807, 2.05) is 0 Å². The lowest BCUT2D eigenvalue weighted by molar-refractivity contribution is -0.130. The Labute approximate surface area is 125 Å². The first-order chi connectivity index (χ1) is 9.73. The van der Waals surface area contributed by atoms with Gasteiger partial charge in [-0.2, -0.15) is 0 Å². The Morgan fingerprint density at radius 2 is 1.95 bits per heavy atom. The van der Waals surface area contributed by atoms with Crippen molar-refractivity contribution in [2.24, 2.45) is 11.7 Å². The summed E-state index contributed by atoms with van der Waals surface area (Å²) in [7, 11) is 0. The van der Waals surface area contributed by atoms with Gasteiger partial charge in [0.05, 0.1) is 5.02 Å². The summed E-state index contributed by atoms with van der Waals surface area (Å²) in [5.74, 6) is -3.32. The molecule has 0 aliphatic rings. The van der Waals surface area contributed by atoms with Gasteiger partial charge in [-0.25, -0.2) is 14.0 Å². The lowest BCUT2D eigenvalue weighted by Gasteiger charge is -2.20. The third-order valence-corrected chi connectivity index (χ3v) is 2.83. The fourth-order valence-corrected chi connectivity index (χ4v) is 1.79. The van der Waals surface area contributed by atoms with Gasteiger partial charge in [-0.05, 0) is 18.1 Å². The highest BCUT2D eigenvalue weighted by atomic mass is 35.5. The van der Waals surface area contributed by atoms with E-state index in [1.54, 1.807) is 19.2 Å². The van der Waals surface area contributed by atoms with Crippen LogP contribution in [0.4, 0.5) is 9.18 Å². The summed E-state index contributed by atoms with van der Waals surface area (Å²) in [4.78, 5) is 34.3. The number of carbonyl (C=O) groups excluding carboxylic acids is 3. The van der Waals surface area contributed by atoms with E-state index in [0.29, 0.717) is 0 Å². The van der Waals surface area contributed by atoms with Gasteiger partial charge in [0.15, 0.2) is 6.10 Å². The second-order valence-electron chi connectivity index (χ2n) is 4.52. The molecule has 0 saturated carbocycles. The Bertz CT molecular complexity index is 557. The molecule has 8 heteroatoms. The highest BCUT2D eigenvalue weighted by Crippen LogP contribution is 2.21. The molecule has 0 radical (unpaired) electrons. The molecule has 3 N–H and O–H groups in total. The normalized spacial score (nSPS) is 11.9. The number of halogens is 2. The van der Waals surface area contributed by atoms with Crippen molar-refractivity contribution in [3.63, 3.8) is 0 Å². The number of esters is 1. The van der Waals surface area contributed by atoms with Crippen molar-refractivity contribution in [2.75, 3.05) is 0 Å². The van der Waals surface area contributed by atoms with Crippen LogP contribution in [0.1, 0.15) is 24.2 Å². The minimum atomic E-state index is -1.30. The first-order valence-electron chi connectivity index (χ1n) is 5.99. The lowest BCUT2D eigenvalue weighted by Crippen LogP contribution is -2.45. The van der Waals surface area contributed by atoms with Gasteiger partial charge in [0, 0.05) is 0 Å². The van der Waals surface area contributed by atoms with Crippen LogP contribution in [0.15, 0.2) is 18.2 Å². The van der Waals surface area contributed by atoms with Gasteiger partial charge < -0.3 is 10.5 Å². The smallest absolute Gasteiger partial charge is 0.343 e. The molecule has 0 heterocycles. The van der Waals surface area contributed by atoms with E-state index in [4.69, 9.17) is 22.1 Å². The second kappa shape index (κ2) is 7.03. The Morgan fingerprint density at radius 1 is 1.33 bits per heavy atom. The largest absolute Gasteiger partial charge is 0.448 e. The molecule has 0 aromatic heterocycles. The number of ether oxygens (including phenoxy) is 1. The molecule has 0 unspecified atom stereocenters. The van der Waals surface area contributed by atoms with Gasteiger partial charge in [0.25, 0.3) is 5.91 Å². The van der Waals surface area contributed by atoms with E-state index in [1.165, 1.54) is 12.1 Å². The number of imide groups is 1. The number of primary amides is 1. The van der Waals surface area contributed by atoms with E-state index >= 15 is 0 Å². The predicted molar refractivity (Wildman–Crippen MR) is 73.2 cm³/mol. The number of urea groups is 1. The van der Waals surface area contributed by atoms with Crippen molar-refractivity contribution in [3.05, 3.63) is 34.6 Å². The molecule has 1 rings (SSSR count). The zero-order valence-electron chi connectivity index (χ0n) is 11.4. The van der Waals surface area contributed by atoms with Crippen LogP contribution in [0.25, 0.3) is 0 Å². The molecule has 0 bridgehead atoms. The minimum absolute atomic E-state index is 0.141. The summed E-state index contributed by atoms with van der Waals surface area (Å²) in [5.41, 5.74) is 4.35. The molecule has 3 amide bonds. The number of amides is 3. The van der Waals surface area contributed by atoms with Gasteiger partial charge in [0.2, 0.25) is 0 Å². The molecule has 0 saturated heterocycles. The molecule has 0 aliphatic heterocycles. The summed E-state index contributed by atoms with van der Waals surface area (Å²) < 4.78 is 18.5. The quantitative estimate of drug-likeness (QED) is 0.828. The van der Waals surface area contributed by atoms with E-state index in [-0.39, 0.29) is 5.02 Å². The number of benzene rings is 1. The predicted octanol–water partition coefficient (Wildman–Crippen LogP) is 1.86. The molecule has 0 spiro atoms. The second-order valence-corrected chi connectivity index (χ2v) is 4.93. The van der Waals surface area contributed by atoms with Crippen LogP contribution < -0.4 is 11.1 Å². The van der Waals surface area contributed by atoms with Crippen molar-refractivity contribution in [3.8, 4) is 0 Å². The highest BCUT2D eigenvalue weighted by Gasteiger charge is 2.29. The summed E-state index contributed by atoms with van der Waals surface area (Å²) in [6.45, 7) is 3.17. The van der Waals surface area contributed by atoms with Crippen molar-refractivity contribution in [2.45, 2.75) is 20.0 Å². The Balaban J connectivity index is 2.97. The third kappa shape index (κ3) is 4.42.